The van der Waals surface area contributed by atoms with Crippen LogP contribution in [0.1, 0.15) is 50.9 Å². The van der Waals surface area contributed by atoms with E-state index in [4.69, 9.17) is 0 Å². The highest BCUT2D eigenvalue weighted by atomic mass is 19.1. The molecule has 7 heteroatoms. The van der Waals surface area contributed by atoms with E-state index in [1.165, 1.54) is 19.1 Å². The van der Waals surface area contributed by atoms with Crippen LogP contribution in [-0.4, -0.2) is 28.9 Å². The minimum Gasteiger partial charge on any atom is -0.480 e. The van der Waals surface area contributed by atoms with Gasteiger partial charge in [0, 0.05) is 12.5 Å². The highest BCUT2D eigenvalue weighted by Gasteiger charge is 2.23. The van der Waals surface area contributed by atoms with Gasteiger partial charge in [0.05, 0.1) is 5.69 Å². The van der Waals surface area contributed by atoms with E-state index < -0.39 is 29.6 Å². The zero-order chi connectivity index (χ0) is 18.5. The van der Waals surface area contributed by atoms with E-state index in [0.717, 1.165) is 6.07 Å². The SMILES string of the molecule is CC(=O)Nc1cc(C(=O)NC(CCC(C)(C)C)C(=O)O)ccc1F. The summed E-state index contributed by atoms with van der Waals surface area (Å²) in [5.74, 6) is -2.91. The first-order chi connectivity index (χ1) is 11.0. The average molecular weight is 338 g/mol. The number of hydrogen-bond donors (Lipinski definition) is 3. The van der Waals surface area contributed by atoms with E-state index in [-0.39, 0.29) is 23.1 Å². The molecular formula is C17H23FN2O4. The summed E-state index contributed by atoms with van der Waals surface area (Å²) in [5, 5.41) is 14.0. The number of aliphatic carboxylic acids is 1. The van der Waals surface area contributed by atoms with Gasteiger partial charge in [-0.1, -0.05) is 20.8 Å². The third-order valence-corrected chi connectivity index (χ3v) is 3.33. The van der Waals surface area contributed by atoms with Crippen molar-refractivity contribution in [3.8, 4) is 0 Å². The van der Waals surface area contributed by atoms with Crippen molar-refractivity contribution >= 4 is 23.5 Å². The molecule has 0 aliphatic carbocycles. The quantitative estimate of drug-likeness (QED) is 0.743. The number of benzene rings is 1. The van der Waals surface area contributed by atoms with E-state index >= 15 is 0 Å². The second-order valence-electron chi connectivity index (χ2n) is 6.84. The third-order valence-electron chi connectivity index (χ3n) is 3.33. The van der Waals surface area contributed by atoms with Crippen molar-refractivity contribution in [2.24, 2.45) is 5.41 Å². The zero-order valence-corrected chi connectivity index (χ0v) is 14.3. The molecule has 0 heterocycles. The molecule has 1 aromatic rings. The lowest BCUT2D eigenvalue weighted by Gasteiger charge is -2.21. The Morgan fingerprint density at radius 3 is 2.38 bits per heavy atom. The van der Waals surface area contributed by atoms with Gasteiger partial charge in [0.2, 0.25) is 5.91 Å². The van der Waals surface area contributed by atoms with E-state index in [9.17, 15) is 23.9 Å². The largest absolute Gasteiger partial charge is 0.480 e. The monoisotopic (exact) mass is 338 g/mol. The molecule has 132 valence electrons. The van der Waals surface area contributed by atoms with E-state index in [1.54, 1.807) is 0 Å². The molecule has 0 saturated heterocycles. The lowest BCUT2D eigenvalue weighted by atomic mass is 9.88. The van der Waals surface area contributed by atoms with E-state index in [1.807, 2.05) is 20.8 Å². The number of carboxylic acid groups (broad SMARTS) is 1. The fraction of sp³-hybridized carbons (Fsp3) is 0.471. The Morgan fingerprint density at radius 1 is 1.25 bits per heavy atom. The van der Waals surface area contributed by atoms with Gasteiger partial charge in [0.15, 0.2) is 0 Å². The summed E-state index contributed by atoms with van der Waals surface area (Å²) >= 11 is 0. The normalized spacial score (nSPS) is 12.4. The van der Waals surface area contributed by atoms with Crippen LogP contribution in [0.15, 0.2) is 18.2 Å². The topological polar surface area (TPSA) is 95.5 Å². The second-order valence-corrected chi connectivity index (χ2v) is 6.84. The highest BCUT2D eigenvalue weighted by Crippen LogP contribution is 2.22. The van der Waals surface area contributed by atoms with Crippen molar-refractivity contribution < 1.29 is 23.9 Å². The maximum absolute atomic E-state index is 13.6. The Balaban J connectivity index is 2.88. The Morgan fingerprint density at radius 2 is 1.88 bits per heavy atom. The molecule has 0 spiro atoms. The fourth-order valence-electron chi connectivity index (χ4n) is 2.03. The van der Waals surface area contributed by atoms with Crippen LogP contribution < -0.4 is 10.6 Å². The van der Waals surface area contributed by atoms with Gasteiger partial charge in [0.25, 0.3) is 5.91 Å². The van der Waals surface area contributed by atoms with E-state index in [0.29, 0.717) is 6.42 Å². The standard InChI is InChI=1S/C17H23FN2O4/c1-10(21)19-14-9-11(5-6-12(14)18)15(22)20-13(16(23)24)7-8-17(2,3)4/h5-6,9,13H,7-8H2,1-4H3,(H,19,21)(H,20,22)(H,23,24). The van der Waals surface area contributed by atoms with Gasteiger partial charge in [-0.05, 0) is 36.5 Å². The number of amides is 2. The van der Waals surface area contributed by atoms with Gasteiger partial charge in [0.1, 0.15) is 11.9 Å². The summed E-state index contributed by atoms with van der Waals surface area (Å²) in [6.45, 7) is 7.16. The number of carbonyl (C=O) groups excluding carboxylic acids is 2. The molecule has 2 amide bonds. The average Bonchev–Trinajstić information content (AvgIpc) is 2.43. The molecule has 0 radical (unpaired) electrons. The molecule has 0 aliphatic rings. The molecular weight excluding hydrogens is 315 g/mol. The van der Waals surface area contributed by atoms with Crippen molar-refractivity contribution in [2.75, 3.05) is 5.32 Å². The van der Waals surface area contributed by atoms with Crippen molar-refractivity contribution in [1.29, 1.82) is 0 Å². The first kappa shape index (κ1) is 19.6. The van der Waals surface area contributed by atoms with Gasteiger partial charge >= 0.3 is 5.97 Å². The third kappa shape index (κ3) is 6.36. The molecule has 3 N–H and O–H groups in total. The van der Waals surface area contributed by atoms with Crippen molar-refractivity contribution in [3.63, 3.8) is 0 Å². The molecule has 6 nitrogen and oxygen atoms in total. The Kier molecular flexibility index (Phi) is 6.45. The molecule has 0 aliphatic heterocycles. The van der Waals surface area contributed by atoms with Crippen LogP contribution in [0.25, 0.3) is 0 Å². The van der Waals surface area contributed by atoms with Crippen LogP contribution in [0.5, 0.6) is 0 Å². The van der Waals surface area contributed by atoms with Crippen LogP contribution in [0.2, 0.25) is 0 Å². The van der Waals surface area contributed by atoms with Crippen molar-refractivity contribution in [2.45, 2.75) is 46.6 Å². The minimum atomic E-state index is -1.13. The van der Waals surface area contributed by atoms with Crippen molar-refractivity contribution in [1.82, 2.24) is 5.32 Å². The number of carbonyl (C=O) groups is 3. The molecule has 1 unspecified atom stereocenters. The van der Waals surface area contributed by atoms with Gasteiger partial charge in [-0.2, -0.15) is 0 Å². The Bertz CT molecular complexity index is 638. The molecule has 1 rings (SSSR count). The number of halogens is 1. The van der Waals surface area contributed by atoms with Gasteiger partial charge in [-0.15, -0.1) is 0 Å². The summed E-state index contributed by atoms with van der Waals surface area (Å²) in [5.41, 5.74) is -0.119. The maximum Gasteiger partial charge on any atom is 0.326 e. The minimum absolute atomic E-state index is 0.0626. The summed E-state index contributed by atoms with van der Waals surface area (Å²) in [7, 11) is 0. The van der Waals surface area contributed by atoms with E-state index in [2.05, 4.69) is 10.6 Å². The predicted octanol–water partition coefficient (Wildman–Crippen LogP) is 2.79. The van der Waals surface area contributed by atoms with Crippen molar-refractivity contribution in [3.05, 3.63) is 29.6 Å². The molecule has 24 heavy (non-hydrogen) atoms. The maximum atomic E-state index is 13.6. The zero-order valence-electron chi connectivity index (χ0n) is 14.3. The van der Waals surface area contributed by atoms with Crippen LogP contribution >= 0.6 is 0 Å². The number of nitrogens with one attached hydrogen (secondary N) is 2. The van der Waals surface area contributed by atoms with Crippen LogP contribution in [0.4, 0.5) is 10.1 Å². The summed E-state index contributed by atoms with van der Waals surface area (Å²) in [6, 6.07) is 2.42. The number of hydrogen-bond acceptors (Lipinski definition) is 3. The lowest BCUT2D eigenvalue weighted by Crippen LogP contribution is -2.41. The first-order valence-corrected chi connectivity index (χ1v) is 7.60. The predicted molar refractivity (Wildman–Crippen MR) is 88.3 cm³/mol. The number of carboxylic acids is 1. The highest BCUT2D eigenvalue weighted by molar-refractivity contribution is 5.98. The fourth-order valence-corrected chi connectivity index (χ4v) is 2.03. The summed E-state index contributed by atoms with van der Waals surface area (Å²) < 4.78 is 13.6. The van der Waals surface area contributed by atoms with Crippen LogP contribution in [0, 0.1) is 11.2 Å². The van der Waals surface area contributed by atoms with Gasteiger partial charge in [-0.25, -0.2) is 9.18 Å². The van der Waals surface area contributed by atoms with Crippen LogP contribution in [-0.2, 0) is 9.59 Å². The smallest absolute Gasteiger partial charge is 0.326 e. The first-order valence-electron chi connectivity index (χ1n) is 7.60. The number of rotatable bonds is 6. The molecule has 0 aromatic heterocycles. The molecule has 1 atom stereocenters. The van der Waals surface area contributed by atoms with Crippen LogP contribution in [0.3, 0.4) is 0 Å². The molecule has 0 saturated carbocycles. The Hall–Kier alpha value is -2.44. The molecule has 0 fully saturated rings. The number of anilines is 1. The lowest BCUT2D eigenvalue weighted by molar-refractivity contribution is -0.139. The Labute approximate surface area is 140 Å². The molecule has 1 aromatic carbocycles. The summed E-state index contributed by atoms with van der Waals surface area (Å²) in [6.07, 6.45) is 0.898. The molecule has 0 bridgehead atoms. The summed E-state index contributed by atoms with van der Waals surface area (Å²) in [4.78, 5) is 34.6. The van der Waals surface area contributed by atoms with Gasteiger partial charge < -0.3 is 15.7 Å². The van der Waals surface area contributed by atoms with Gasteiger partial charge in [-0.3, -0.25) is 9.59 Å². The second kappa shape index (κ2) is 7.90.